The van der Waals surface area contributed by atoms with Crippen LogP contribution in [0.5, 0.6) is 0 Å². The van der Waals surface area contributed by atoms with Crippen LogP contribution in [0.25, 0.3) is 5.57 Å². The summed E-state index contributed by atoms with van der Waals surface area (Å²) in [5.74, 6) is 0.407. The quantitative estimate of drug-likeness (QED) is 0.424. The van der Waals surface area contributed by atoms with Crippen LogP contribution in [0.15, 0.2) is 121 Å². The third-order valence-electron chi connectivity index (χ3n) is 5.48. The maximum absolute atomic E-state index is 2.28. The predicted molar refractivity (Wildman–Crippen MR) is 120 cm³/mol. The van der Waals surface area contributed by atoms with E-state index in [0.29, 0.717) is 5.92 Å². The van der Waals surface area contributed by atoms with Gasteiger partial charge in [-0.05, 0) is 47.1 Å². The summed E-state index contributed by atoms with van der Waals surface area (Å²) < 4.78 is 0. The van der Waals surface area contributed by atoms with Crippen molar-refractivity contribution in [3.05, 3.63) is 138 Å². The van der Waals surface area contributed by atoms with Gasteiger partial charge in [0.1, 0.15) is 0 Å². The smallest absolute Gasteiger partial charge is 0.00925 e. The van der Waals surface area contributed by atoms with Gasteiger partial charge in [-0.25, -0.2) is 0 Å². The van der Waals surface area contributed by atoms with Crippen molar-refractivity contribution < 1.29 is 0 Å². The highest BCUT2D eigenvalue weighted by atomic mass is 14.2. The lowest BCUT2D eigenvalue weighted by Gasteiger charge is -2.21. The molecule has 0 aliphatic heterocycles. The minimum absolute atomic E-state index is 0.407. The van der Waals surface area contributed by atoms with E-state index in [1.165, 1.54) is 27.8 Å². The van der Waals surface area contributed by atoms with Crippen LogP contribution in [0.1, 0.15) is 41.9 Å². The van der Waals surface area contributed by atoms with Gasteiger partial charge >= 0.3 is 0 Å². The van der Waals surface area contributed by atoms with E-state index in [9.17, 15) is 0 Å². The van der Waals surface area contributed by atoms with E-state index in [0.717, 1.165) is 19.3 Å². The first-order valence-electron chi connectivity index (χ1n) is 10.1. The van der Waals surface area contributed by atoms with Crippen molar-refractivity contribution in [1.82, 2.24) is 0 Å². The first-order chi connectivity index (χ1) is 13.9. The fourth-order valence-corrected chi connectivity index (χ4v) is 4.05. The average Bonchev–Trinajstić information content (AvgIpc) is 2.79. The van der Waals surface area contributed by atoms with Gasteiger partial charge in [0.05, 0.1) is 0 Å². The highest BCUT2D eigenvalue weighted by molar-refractivity contribution is 5.72. The van der Waals surface area contributed by atoms with Gasteiger partial charge in [-0.3, -0.25) is 0 Å². The topological polar surface area (TPSA) is 0 Å². The lowest BCUT2D eigenvalue weighted by Crippen LogP contribution is -2.03. The van der Waals surface area contributed by atoms with Crippen LogP contribution in [0, 0.1) is 0 Å². The van der Waals surface area contributed by atoms with E-state index in [2.05, 4.69) is 115 Å². The Morgan fingerprint density at radius 1 is 0.679 bits per heavy atom. The molecule has 0 bridgehead atoms. The molecule has 0 spiro atoms. The molecular formula is C28H26. The van der Waals surface area contributed by atoms with Crippen molar-refractivity contribution in [3.8, 4) is 0 Å². The van der Waals surface area contributed by atoms with E-state index in [4.69, 9.17) is 0 Å². The van der Waals surface area contributed by atoms with E-state index in [1.807, 2.05) is 0 Å². The second kappa shape index (κ2) is 9.19. The van der Waals surface area contributed by atoms with Gasteiger partial charge in [-0.2, -0.15) is 0 Å². The van der Waals surface area contributed by atoms with Gasteiger partial charge in [0.25, 0.3) is 0 Å². The lowest BCUT2D eigenvalue weighted by molar-refractivity contribution is 0.733. The molecule has 3 aromatic carbocycles. The van der Waals surface area contributed by atoms with Crippen LogP contribution < -0.4 is 0 Å². The highest BCUT2D eigenvalue weighted by Crippen LogP contribution is 2.35. The maximum Gasteiger partial charge on any atom is 0.00925 e. The minimum Gasteiger partial charge on any atom is -0.0801 e. The SMILES string of the molecule is C1=CC/C(=C(\CCC(c2ccccc2)c2ccccc2)c2ccccc2)C=C1. The molecule has 0 heterocycles. The number of hydrogen-bond donors (Lipinski definition) is 0. The zero-order valence-electron chi connectivity index (χ0n) is 16.2. The Balaban J connectivity index is 1.66. The Hall–Kier alpha value is -3.12. The van der Waals surface area contributed by atoms with Crippen molar-refractivity contribution in [2.75, 3.05) is 0 Å². The van der Waals surface area contributed by atoms with E-state index < -0.39 is 0 Å². The summed E-state index contributed by atoms with van der Waals surface area (Å²) in [6.45, 7) is 0. The third-order valence-corrected chi connectivity index (χ3v) is 5.48. The summed E-state index contributed by atoms with van der Waals surface area (Å²) in [5, 5.41) is 0. The molecule has 0 fully saturated rings. The van der Waals surface area contributed by atoms with Crippen molar-refractivity contribution in [2.24, 2.45) is 0 Å². The largest absolute Gasteiger partial charge is 0.0801 e. The molecule has 4 rings (SSSR count). The van der Waals surface area contributed by atoms with E-state index in [-0.39, 0.29) is 0 Å². The molecule has 3 aromatic rings. The number of benzene rings is 3. The molecule has 1 aliphatic carbocycles. The standard InChI is InChI=1S/C28H26/c1-5-13-23(14-6-1)27(24-15-7-2-8-16-24)21-22-28(25-17-9-3-10-18-25)26-19-11-4-12-20-26/h1-19,27H,20-22H2/b28-26+. The van der Waals surface area contributed by atoms with Crippen molar-refractivity contribution >= 4 is 5.57 Å². The van der Waals surface area contributed by atoms with Crippen molar-refractivity contribution in [3.63, 3.8) is 0 Å². The number of allylic oxidation sites excluding steroid dienone is 6. The summed E-state index contributed by atoms with van der Waals surface area (Å²) in [6.07, 6.45) is 12.0. The molecule has 0 aromatic heterocycles. The van der Waals surface area contributed by atoms with Crippen LogP contribution in [0.3, 0.4) is 0 Å². The van der Waals surface area contributed by atoms with Crippen molar-refractivity contribution in [1.29, 1.82) is 0 Å². The van der Waals surface area contributed by atoms with Gasteiger partial charge in [0.2, 0.25) is 0 Å². The van der Waals surface area contributed by atoms with Gasteiger partial charge in [0.15, 0.2) is 0 Å². The Morgan fingerprint density at radius 2 is 1.25 bits per heavy atom. The first-order valence-corrected chi connectivity index (χ1v) is 10.1. The lowest BCUT2D eigenvalue weighted by atomic mass is 9.83. The minimum atomic E-state index is 0.407. The Bertz CT molecular complexity index is 921. The fourth-order valence-electron chi connectivity index (χ4n) is 4.05. The zero-order valence-corrected chi connectivity index (χ0v) is 16.2. The maximum atomic E-state index is 2.28. The number of rotatable bonds is 6. The molecule has 1 aliphatic rings. The summed E-state index contributed by atoms with van der Waals surface area (Å²) >= 11 is 0. The van der Waals surface area contributed by atoms with Gasteiger partial charge < -0.3 is 0 Å². The summed E-state index contributed by atoms with van der Waals surface area (Å²) in [7, 11) is 0. The molecule has 0 radical (unpaired) electrons. The molecule has 0 amide bonds. The number of hydrogen-bond acceptors (Lipinski definition) is 0. The molecule has 138 valence electrons. The molecule has 0 saturated carbocycles. The molecule has 0 atom stereocenters. The normalized spacial score (nSPS) is 15.0. The van der Waals surface area contributed by atoms with E-state index >= 15 is 0 Å². The van der Waals surface area contributed by atoms with Crippen LogP contribution in [-0.2, 0) is 0 Å². The third kappa shape index (κ3) is 4.40. The zero-order chi connectivity index (χ0) is 19.0. The summed E-state index contributed by atoms with van der Waals surface area (Å²) in [5.41, 5.74) is 7.04. The second-order valence-electron chi connectivity index (χ2n) is 7.27. The summed E-state index contributed by atoms with van der Waals surface area (Å²) in [6, 6.07) is 32.7. The molecule has 0 nitrogen and oxygen atoms in total. The second-order valence-corrected chi connectivity index (χ2v) is 7.27. The van der Waals surface area contributed by atoms with Crippen LogP contribution in [0.4, 0.5) is 0 Å². The van der Waals surface area contributed by atoms with Crippen LogP contribution in [0.2, 0.25) is 0 Å². The van der Waals surface area contributed by atoms with E-state index in [1.54, 1.807) is 0 Å². The Labute approximate surface area is 168 Å². The molecule has 0 heteroatoms. The highest BCUT2D eigenvalue weighted by Gasteiger charge is 2.16. The average molecular weight is 363 g/mol. The van der Waals surface area contributed by atoms with Crippen molar-refractivity contribution in [2.45, 2.75) is 25.2 Å². The molecule has 0 unspecified atom stereocenters. The van der Waals surface area contributed by atoms with Gasteiger partial charge in [0, 0.05) is 5.92 Å². The van der Waals surface area contributed by atoms with Gasteiger partial charge in [-0.15, -0.1) is 0 Å². The fraction of sp³-hybridized carbons (Fsp3) is 0.143. The first kappa shape index (κ1) is 18.3. The van der Waals surface area contributed by atoms with Crippen LogP contribution >= 0.6 is 0 Å². The predicted octanol–water partition coefficient (Wildman–Crippen LogP) is 7.57. The summed E-state index contributed by atoms with van der Waals surface area (Å²) in [4.78, 5) is 0. The monoisotopic (exact) mass is 362 g/mol. The van der Waals surface area contributed by atoms with Gasteiger partial charge in [-0.1, -0.05) is 115 Å². The Kier molecular flexibility index (Phi) is 5.99. The molecular weight excluding hydrogens is 336 g/mol. The van der Waals surface area contributed by atoms with Crippen LogP contribution in [-0.4, -0.2) is 0 Å². The Morgan fingerprint density at radius 3 is 1.79 bits per heavy atom. The molecule has 28 heavy (non-hydrogen) atoms. The molecule has 0 saturated heterocycles. The molecule has 0 N–H and O–H groups in total.